The highest BCUT2D eigenvalue weighted by Gasteiger charge is 2.41. The van der Waals surface area contributed by atoms with Gasteiger partial charge in [0.25, 0.3) is 5.91 Å². The number of nitrogens with one attached hydrogen (secondary N) is 1. The summed E-state index contributed by atoms with van der Waals surface area (Å²) in [6, 6.07) is 13.6. The number of carbonyl (C=O) groups is 2. The summed E-state index contributed by atoms with van der Waals surface area (Å²) in [5, 5.41) is 0. The predicted octanol–water partition coefficient (Wildman–Crippen LogP) is 2.79. The fraction of sp³-hybridized carbons (Fsp3) is 0.308. The van der Waals surface area contributed by atoms with Crippen molar-refractivity contribution in [1.29, 1.82) is 0 Å². The molecule has 1 amide bonds. The topological polar surface area (TPSA) is 128 Å². The molecular weight excluding hydrogens is 496 g/mol. The second-order valence-corrected chi connectivity index (χ2v) is 11.5. The van der Waals surface area contributed by atoms with Crippen LogP contribution in [0.3, 0.4) is 0 Å². The van der Waals surface area contributed by atoms with Gasteiger partial charge in [-0.1, -0.05) is 30.3 Å². The van der Waals surface area contributed by atoms with Gasteiger partial charge < -0.3 is 4.74 Å². The predicted molar refractivity (Wildman–Crippen MR) is 133 cm³/mol. The van der Waals surface area contributed by atoms with E-state index in [4.69, 9.17) is 9.57 Å². The number of sulfonamides is 1. The minimum atomic E-state index is -4.14. The number of benzene rings is 2. The SMILES string of the molecule is CC(C)(C)C(=O)Oc1ccc(S(=O)(=O)N2Cc3nccnc3CC2C(=O)NOCc2ccccc2)cc1. The third-order valence-electron chi connectivity index (χ3n) is 5.71. The molecule has 0 fully saturated rings. The second-order valence-electron chi connectivity index (χ2n) is 9.57. The Bertz CT molecular complexity index is 1370. The standard InChI is InChI=1S/C26H28N4O6S/c1-26(2,3)25(32)36-19-9-11-20(12-10-19)37(33,34)30-16-22-21(27-13-14-28-22)15-23(30)24(31)29-35-17-18-7-5-4-6-8-18/h4-14,23H,15-17H2,1-3H3,(H,29,31). The molecule has 10 nitrogen and oxygen atoms in total. The summed E-state index contributed by atoms with van der Waals surface area (Å²) in [6.45, 7) is 5.15. The van der Waals surface area contributed by atoms with Crippen LogP contribution in [-0.4, -0.2) is 40.6 Å². The molecule has 3 aromatic rings. The molecule has 0 aliphatic carbocycles. The van der Waals surface area contributed by atoms with Crippen molar-refractivity contribution < 1.29 is 27.6 Å². The van der Waals surface area contributed by atoms with Crippen LogP contribution >= 0.6 is 0 Å². The van der Waals surface area contributed by atoms with Gasteiger partial charge in [0.1, 0.15) is 11.8 Å². The van der Waals surface area contributed by atoms with E-state index >= 15 is 0 Å². The molecule has 2 aromatic carbocycles. The lowest BCUT2D eigenvalue weighted by atomic mass is 9.97. The summed E-state index contributed by atoms with van der Waals surface area (Å²) in [5.41, 5.74) is 3.53. The van der Waals surface area contributed by atoms with E-state index in [0.29, 0.717) is 11.4 Å². The first-order valence-electron chi connectivity index (χ1n) is 11.6. The minimum absolute atomic E-state index is 0.0320. The van der Waals surface area contributed by atoms with Crippen molar-refractivity contribution in [2.75, 3.05) is 0 Å². The number of carbonyl (C=O) groups excluding carboxylic acids is 2. The fourth-order valence-electron chi connectivity index (χ4n) is 3.62. The Morgan fingerprint density at radius 3 is 2.30 bits per heavy atom. The molecule has 0 bridgehead atoms. The highest BCUT2D eigenvalue weighted by atomic mass is 32.2. The van der Waals surface area contributed by atoms with Gasteiger partial charge in [-0.2, -0.15) is 4.31 Å². The molecule has 37 heavy (non-hydrogen) atoms. The lowest BCUT2D eigenvalue weighted by molar-refractivity contribution is -0.143. The van der Waals surface area contributed by atoms with E-state index in [-0.39, 0.29) is 30.2 Å². The Kier molecular flexibility index (Phi) is 7.67. The van der Waals surface area contributed by atoms with Crippen LogP contribution in [0, 0.1) is 5.41 Å². The minimum Gasteiger partial charge on any atom is -0.426 e. The average Bonchev–Trinajstić information content (AvgIpc) is 2.88. The molecule has 1 atom stereocenters. The molecule has 0 radical (unpaired) electrons. The molecule has 1 aliphatic heterocycles. The van der Waals surface area contributed by atoms with Gasteiger partial charge in [0, 0.05) is 18.8 Å². The summed E-state index contributed by atoms with van der Waals surface area (Å²) in [4.78, 5) is 39.1. The van der Waals surface area contributed by atoms with E-state index in [1.807, 2.05) is 30.3 Å². The number of rotatable bonds is 7. The smallest absolute Gasteiger partial charge is 0.316 e. The van der Waals surface area contributed by atoms with Gasteiger partial charge in [-0.25, -0.2) is 13.9 Å². The monoisotopic (exact) mass is 524 g/mol. The third kappa shape index (κ3) is 6.19. The van der Waals surface area contributed by atoms with Gasteiger partial charge >= 0.3 is 5.97 Å². The molecule has 0 saturated heterocycles. The van der Waals surface area contributed by atoms with Crippen molar-refractivity contribution in [1.82, 2.24) is 19.8 Å². The van der Waals surface area contributed by atoms with Crippen molar-refractivity contribution in [3.8, 4) is 5.75 Å². The van der Waals surface area contributed by atoms with E-state index in [9.17, 15) is 18.0 Å². The van der Waals surface area contributed by atoms with Crippen molar-refractivity contribution in [3.63, 3.8) is 0 Å². The Morgan fingerprint density at radius 2 is 1.65 bits per heavy atom. The number of fused-ring (bicyclic) bond motifs is 1. The lowest BCUT2D eigenvalue weighted by Gasteiger charge is -2.33. The summed E-state index contributed by atoms with van der Waals surface area (Å²) in [6.07, 6.45) is 3.01. The number of ether oxygens (including phenoxy) is 1. The van der Waals surface area contributed by atoms with Crippen LogP contribution in [0.2, 0.25) is 0 Å². The Hall–Kier alpha value is -3.67. The molecular formula is C26H28N4O6S. The summed E-state index contributed by atoms with van der Waals surface area (Å²) in [5.74, 6) is -0.842. The van der Waals surface area contributed by atoms with E-state index in [1.165, 1.54) is 36.7 Å². The first kappa shape index (κ1) is 26.4. The Morgan fingerprint density at radius 1 is 1.00 bits per heavy atom. The molecule has 1 aromatic heterocycles. The average molecular weight is 525 g/mol. The molecule has 0 spiro atoms. The number of aromatic nitrogens is 2. The van der Waals surface area contributed by atoms with Gasteiger partial charge in [0.15, 0.2) is 0 Å². The summed E-state index contributed by atoms with van der Waals surface area (Å²) < 4.78 is 33.7. The van der Waals surface area contributed by atoms with Crippen molar-refractivity contribution in [2.24, 2.45) is 5.41 Å². The van der Waals surface area contributed by atoms with Crippen LogP contribution in [0.4, 0.5) is 0 Å². The highest BCUT2D eigenvalue weighted by molar-refractivity contribution is 7.89. The van der Waals surface area contributed by atoms with Gasteiger partial charge in [-0.15, -0.1) is 0 Å². The summed E-state index contributed by atoms with van der Waals surface area (Å²) in [7, 11) is -4.14. The molecule has 4 rings (SSSR count). The zero-order valence-corrected chi connectivity index (χ0v) is 21.6. The highest BCUT2D eigenvalue weighted by Crippen LogP contribution is 2.29. The zero-order chi connectivity index (χ0) is 26.6. The number of esters is 1. The molecule has 11 heteroatoms. The second kappa shape index (κ2) is 10.8. The van der Waals surface area contributed by atoms with Crippen LogP contribution in [-0.2, 0) is 44.0 Å². The maximum atomic E-state index is 13.6. The van der Waals surface area contributed by atoms with Crippen molar-refractivity contribution in [2.45, 2.75) is 51.3 Å². The van der Waals surface area contributed by atoms with Crippen LogP contribution in [0.25, 0.3) is 0 Å². The van der Waals surface area contributed by atoms with E-state index in [2.05, 4.69) is 15.4 Å². The molecule has 1 unspecified atom stereocenters. The molecule has 194 valence electrons. The molecule has 1 aliphatic rings. The van der Waals surface area contributed by atoms with Gasteiger partial charge in [0.2, 0.25) is 10.0 Å². The van der Waals surface area contributed by atoms with Crippen LogP contribution in [0.15, 0.2) is 71.9 Å². The molecule has 2 heterocycles. The number of hydrogen-bond acceptors (Lipinski definition) is 8. The van der Waals surface area contributed by atoms with E-state index < -0.39 is 33.4 Å². The fourth-order valence-corrected chi connectivity index (χ4v) is 5.17. The Labute approximate surface area is 215 Å². The first-order valence-corrected chi connectivity index (χ1v) is 13.1. The van der Waals surface area contributed by atoms with Gasteiger partial charge in [-0.05, 0) is 50.6 Å². The number of amides is 1. The number of hydrogen-bond donors (Lipinski definition) is 1. The van der Waals surface area contributed by atoms with Crippen LogP contribution in [0.5, 0.6) is 5.75 Å². The molecule has 1 N–H and O–H groups in total. The van der Waals surface area contributed by atoms with Crippen molar-refractivity contribution in [3.05, 3.63) is 83.9 Å². The summed E-state index contributed by atoms with van der Waals surface area (Å²) >= 11 is 0. The number of hydroxylamine groups is 1. The lowest BCUT2D eigenvalue weighted by Crippen LogP contribution is -2.52. The van der Waals surface area contributed by atoms with E-state index in [0.717, 1.165) is 9.87 Å². The third-order valence-corrected chi connectivity index (χ3v) is 7.58. The van der Waals surface area contributed by atoms with Gasteiger partial charge in [0.05, 0.1) is 34.8 Å². The first-order chi connectivity index (χ1) is 17.6. The quantitative estimate of drug-likeness (QED) is 0.284. The van der Waals surface area contributed by atoms with Crippen LogP contribution < -0.4 is 10.2 Å². The largest absolute Gasteiger partial charge is 0.426 e. The maximum Gasteiger partial charge on any atom is 0.316 e. The molecule has 0 saturated carbocycles. The van der Waals surface area contributed by atoms with Gasteiger partial charge in [-0.3, -0.25) is 24.4 Å². The number of nitrogens with zero attached hydrogens (tertiary/aromatic N) is 3. The van der Waals surface area contributed by atoms with E-state index in [1.54, 1.807) is 20.8 Å². The Balaban J connectivity index is 1.55. The normalized spacial score (nSPS) is 16.0. The van der Waals surface area contributed by atoms with Crippen LogP contribution in [0.1, 0.15) is 37.7 Å². The zero-order valence-electron chi connectivity index (χ0n) is 20.7. The maximum absolute atomic E-state index is 13.6. The van der Waals surface area contributed by atoms with Crippen molar-refractivity contribution >= 4 is 21.9 Å².